The Labute approximate surface area is 145 Å². The van der Waals surface area contributed by atoms with Gasteiger partial charge in [-0.15, -0.1) is 0 Å². The van der Waals surface area contributed by atoms with Crippen LogP contribution >= 0.6 is 0 Å². The monoisotopic (exact) mass is 344 g/mol. The van der Waals surface area contributed by atoms with Crippen LogP contribution in [0.5, 0.6) is 17.2 Å². The average molecular weight is 344 g/mol. The van der Waals surface area contributed by atoms with Gasteiger partial charge in [-0.3, -0.25) is 0 Å². The van der Waals surface area contributed by atoms with Crippen molar-refractivity contribution >= 4 is 0 Å². The highest BCUT2D eigenvalue weighted by molar-refractivity contribution is 5.71. The molecule has 25 heavy (non-hydrogen) atoms. The van der Waals surface area contributed by atoms with Crippen LogP contribution < -0.4 is 14.2 Å². The Morgan fingerprint density at radius 3 is 2.36 bits per heavy atom. The molecule has 0 amide bonds. The molecular weight excluding hydrogens is 324 g/mol. The zero-order chi connectivity index (χ0) is 18.0. The maximum atomic E-state index is 5.47. The van der Waals surface area contributed by atoms with Gasteiger partial charge in [0.2, 0.25) is 17.5 Å². The van der Waals surface area contributed by atoms with E-state index in [9.17, 15) is 0 Å². The third-order valence-corrected chi connectivity index (χ3v) is 3.82. The van der Waals surface area contributed by atoms with Crippen molar-refractivity contribution in [2.24, 2.45) is 0 Å². The number of hydrogen-bond acceptors (Lipinski definition) is 7. The van der Waals surface area contributed by atoms with Crippen LogP contribution in [0.3, 0.4) is 0 Å². The fraction of sp³-hybridized carbons (Fsp3) is 0.353. The zero-order valence-electron chi connectivity index (χ0n) is 14.9. The van der Waals surface area contributed by atoms with Gasteiger partial charge in [0.05, 0.1) is 32.6 Å². The normalized spacial score (nSPS) is 10.8. The van der Waals surface area contributed by atoms with Crippen LogP contribution in [-0.2, 0) is 6.54 Å². The summed E-state index contributed by atoms with van der Waals surface area (Å²) in [4.78, 5) is 8.83. The van der Waals surface area contributed by atoms with Crippen molar-refractivity contribution in [3.05, 3.63) is 35.7 Å². The van der Waals surface area contributed by atoms with Gasteiger partial charge in [-0.25, -0.2) is 4.98 Å². The number of ether oxygens (including phenoxy) is 3. The van der Waals surface area contributed by atoms with E-state index in [-0.39, 0.29) is 0 Å². The van der Waals surface area contributed by atoms with Crippen molar-refractivity contribution in [3.63, 3.8) is 0 Å². The van der Waals surface area contributed by atoms with Gasteiger partial charge in [0.1, 0.15) is 12.4 Å². The Bertz CT molecular complexity index is 885. The van der Waals surface area contributed by atoms with Crippen molar-refractivity contribution in [1.29, 1.82) is 0 Å². The lowest BCUT2D eigenvalue weighted by Gasteiger charge is -2.13. The van der Waals surface area contributed by atoms with E-state index in [4.69, 9.17) is 18.7 Å². The standard InChI is InChI=1S/C17H20N4O4/c1-10-8-21(11(2)18-10)9-14-19-17(20-25-14)12-6-7-13(22-3)16(24-5)15(12)23-4/h6-8H,9H2,1-5H3. The van der Waals surface area contributed by atoms with E-state index in [0.29, 0.717) is 41.1 Å². The summed E-state index contributed by atoms with van der Waals surface area (Å²) in [5.74, 6) is 3.32. The third kappa shape index (κ3) is 3.15. The molecule has 0 spiro atoms. The lowest BCUT2D eigenvalue weighted by molar-refractivity contribution is 0.325. The molecule has 0 aliphatic rings. The first-order chi connectivity index (χ1) is 12.1. The van der Waals surface area contributed by atoms with Crippen molar-refractivity contribution in [2.45, 2.75) is 20.4 Å². The smallest absolute Gasteiger partial charge is 0.246 e. The first-order valence-electron chi connectivity index (χ1n) is 7.69. The third-order valence-electron chi connectivity index (χ3n) is 3.82. The minimum absolute atomic E-state index is 0.419. The summed E-state index contributed by atoms with van der Waals surface area (Å²) in [7, 11) is 4.67. The van der Waals surface area contributed by atoms with E-state index in [1.54, 1.807) is 33.5 Å². The van der Waals surface area contributed by atoms with E-state index >= 15 is 0 Å². The van der Waals surface area contributed by atoms with E-state index in [1.165, 1.54) is 0 Å². The molecule has 0 saturated carbocycles. The van der Waals surface area contributed by atoms with Gasteiger partial charge >= 0.3 is 0 Å². The van der Waals surface area contributed by atoms with Gasteiger partial charge in [-0.1, -0.05) is 5.16 Å². The molecule has 0 aliphatic heterocycles. The summed E-state index contributed by atoms with van der Waals surface area (Å²) >= 11 is 0. The molecule has 0 saturated heterocycles. The van der Waals surface area contributed by atoms with Crippen molar-refractivity contribution in [3.8, 4) is 28.6 Å². The minimum atomic E-state index is 0.419. The molecule has 132 valence electrons. The second kappa shape index (κ2) is 6.84. The quantitative estimate of drug-likeness (QED) is 0.679. The van der Waals surface area contributed by atoms with Crippen molar-refractivity contribution < 1.29 is 18.7 Å². The number of rotatable bonds is 6. The number of benzene rings is 1. The second-order valence-corrected chi connectivity index (χ2v) is 5.45. The average Bonchev–Trinajstić information content (AvgIpc) is 3.19. The van der Waals surface area contributed by atoms with Crippen LogP contribution in [0, 0.1) is 13.8 Å². The molecule has 3 aromatic rings. The SMILES string of the molecule is COc1ccc(-c2noc(Cn3cc(C)nc3C)n2)c(OC)c1OC. The molecule has 8 heteroatoms. The topological polar surface area (TPSA) is 84.4 Å². The predicted octanol–water partition coefficient (Wildman–Crippen LogP) is 2.62. The summed E-state index contributed by atoms with van der Waals surface area (Å²) in [6.45, 7) is 4.33. The molecule has 2 heterocycles. The van der Waals surface area contributed by atoms with Gasteiger partial charge in [0.25, 0.3) is 0 Å². The molecule has 0 radical (unpaired) electrons. The number of aromatic nitrogens is 4. The number of hydrogen-bond donors (Lipinski definition) is 0. The van der Waals surface area contributed by atoms with Crippen LogP contribution in [0.15, 0.2) is 22.9 Å². The van der Waals surface area contributed by atoms with Gasteiger partial charge < -0.3 is 23.3 Å². The molecular formula is C17H20N4O4. The largest absolute Gasteiger partial charge is 0.493 e. The van der Waals surface area contributed by atoms with Crippen LogP contribution in [0.4, 0.5) is 0 Å². The summed E-state index contributed by atoms with van der Waals surface area (Å²) in [6.07, 6.45) is 1.94. The summed E-state index contributed by atoms with van der Waals surface area (Å²) in [5.41, 5.74) is 1.60. The van der Waals surface area contributed by atoms with Crippen LogP contribution in [0.25, 0.3) is 11.4 Å². The van der Waals surface area contributed by atoms with Crippen molar-refractivity contribution in [2.75, 3.05) is 21.3 Å². The van der Waals surface area contributed by atoms with Gasteiger partial charge in [0.15, 0.2) is 11.5 Å². The molecule has 0 fully saturated rings. The highest BCUT2D eigenvalue weighted by Gasteiger charge is 2.21. The maximum absolute atomic E-state index is 5.47. The number of methoxy groups -OCH3 is 3. The van der Waals surface area contributed by atoms with Gasteiger partial charge in [-0.2, -0.15) is 4.98 Å². The zero-order valence-corrected chi connectivity index (χ0v) is 14.9. The van der Waals surface area contributed by atoms with E-state index in [0.717, 1.165) is 11.5 Å². The number of imidazole rings is 1. The minimum Gasteiger partial charge on any atom is -0.493 e. The fourth-order valence-electron chi connectivity index (χ4n) is 2.68. The van der Waals surface area contributed by atoms with Gasteiger partial charge in [0, 0.05) is 6.20 Å². The van der Waals surface area contributed by atoms with E-state index < -0.39 is 0 Å². The number of aryl methyl sites for hydroxylation is 2. The molecule has 0 N–H and O–H groups in total. The number of nitrogens with zero attached hydrogens (tertiary/aromatic N) is 4. The Morgan fingerprint density at radius 1 is 1.00 bits per heavy atom. The first kappa shape index (κ1) is 16.8. The lowest BCUT2D eigenvalue weighted by Crippen LogP contribution is -2.01. The summed E-state index contributed by atoms with van der Waals surface area (Å²) < 4.78 is 23.5. The van der Waals surface area contributed by atoms with Crippen molar-refractivity contribution in [1.82, 2.24) is 19.7 Å². The maximum Gasteiger partial charge on any atom is 0.246 e. The van der Waals surface area contributed by atoms with E-state index in [1.807, 2.05) is 24.6 Å². The van der Waals surface area contributed by atoms with Crippen LogP contribution in [0.2, 0.25) is 0 Å². The molecule has 0 aliphatic carbocycles. The second-order valence-electron chi connectivity index (χ2n) is 5.45. The summed E-state index contributed by atoms with van der Waals surface area (Å²) in [5, 5.41) is 4.06. The molecule has 2 aromatic heterocycles. The molecule has 0 bridgehead atoms. The Balaban J connectivity index is 1.95. The Morgan fingerprint density at radius 2 is 1.76 bits per heavy atom. The Kier molecular flexibility index (Phi) is 4.60. The molecule has 3 rings (SSSR count). The molecule has 1 aromatic carbocycles. The molecule has 0 atom stereocenters. The van der Waals surface area contributed by atoms with Crippen LogP contribution in [0.1, 0.15) is 17.4 Å². The fourth-order valence-corrected chi connectivity index (χ4v) is 2.68. The van der Waals surface area contributed by atoms with Gasteiger partial charge in [-0.05, 0) is 26.0 Å². The Hall–Kier alpha value is -3.03. The highest BCUT2D eigenvalue weighted by Crippen LogP contribution is 2.43. The molecule has 8 nitrogen and oxygen atoms in total. The molecule has 0 unspecified atom stereocenters. The first-order valence-corrected chi connectivity index (χ1v) is 7.69. The lowest BCUT2D eigenvalue weighted by atomic mass is 10.1. The summed E-state index contributed by atoms with van der Waals surface area (Å²) in [6, 6.07) is 3.58. The highest BCUT2D eigenvalue weighted by atomic mass is 16.5. The van der Waals surface area contributed by atoms with Crippen LogP contribution in [-0.4, -0.2) is 41.0 Å². The van der Waals surface area contributed by atoms with E-state index in [2.05, 4.69) is 15.1 Å². The predicted molar refractivity (Wildman–Crippen MR) is 90.2 cm³/mol.